The minimum absolute atomic E-state index is 0.217. The first-order chi connectivity index (χ1) is 12.8. The monoisotopic (exact) mass is 372 g/mol. The zero-order valence-corrected chi connectivity index (χ0v) is 15.5. The minimum Gasteiger partial charge on any atom is -0.338 e. The van der Waals surface area contributed by atoms with Gasteiger partial charge in [-0.3, -0.25) is 19.7 Å². The van der Waals surface area contributed by atoms with Gasteiger partial charge in [-0.05, 0) is 29.5 Å². The Bertz CT molecular complexity index is 790. The Labute approximate surface area is 157 Å². The number of nitrogens with one attached hydrogen (secondary N) is 3. The fraction of sp³-hybridized carbons (Fsp3) is 0.474. The van der Waals surface area contributed by atoms with Crippen molar-refractivity contribution < 1.29 is 19.2 Å². The predicted molar refractivity (Wildman–Crippen MR) is 97.6 cm³/mol. The molecule has 2 heterocycles. The minimum atomic E-state index is -0.619. The predicted octanol–water partition coefficient (Wildman–Crippen LogP) is 0.903. The fourth-order valence-corrected chi connectivity index (χ4v) is 3.25. The lowest BCUT2D eigenvalue weighted by Crippen LogP contribution is -2.52. The second kappa shape index (κ2) is 7.77. The molecule has 3 rings (SSSR count). The van der Waals surface area contributed by atoms with Crippen molar-refractivity contribution >= 4 is 23.8 Å². The summed E-state index contributed by atoms with van der Waals surface area (Å²) >= 11 is 0. The molecule has 1 atom stereocenters. The number of fused-ring (bicyclic) bond motifs is 1. The number of rotatable bonds is 5. The standard InChI is InChI=1S/C19H24N4O4/c1-11(2)8-20-19(27)21-9-12-3-4-13-10-23(18(26)14(13)7-12)15-5-6-16(24)22-17(15)25/h3-4,7,11,15H,5-6,8-10H2,1-2H3,(H2,20,21,27)(H,22,24,25). The van der Waals surface area contributed by atoms with Crippen LogP contribution in [0.2, 0.25) is 0 Å². The Balaban J connectivity index is 1.63. The average Bonchev–Trinajstić information content (AvgIpc) is 2.94. The Morgan fingerprint density at radius 1 is 1.26 bits per heavy atom. The largest absolute Gasteiger partial charge is 0.338 e. The third-order valence-corrected chi connectivity index (χ3v) is 4.72. The third-order valence-electron chi connectivity index (χ3n) is 4.72. The number of urea groups is 1. The number of amides is 5. The first-order valence-electron chi connectivity index (χ1n) is 9.13. The summed E-state index contributed by atoms with van der Waals surface area (Å²) in [4.78, 5) is 49.4. The zero-order chi connectivity index (χ0) is 19.6. The van der Waals surface area contributed by atoms with Crippen LogP contribution in [0.15, 0.2) is 18.2 Å². The van der Waals surface area contributed by atoms with Crippen molar-refractivity contribution in [2.75, 3.05) is 6.54 Å². The molecule has 1 fully saturated rings. The summed E-state index contributed by atoms with van der Waals surface area (Å²) in [6.45, 7) is 5.28. The first-order valence-corrected chi connectivity index (χ1v) is 9.13. The molecule has 144 valence electrons. The molecule has 8 heteroatoms. The first kappa shape index (κ1) is 18.9. The summed E-state index contributed by atoms with van der Waals surface area (Å²) in [5.41, 5.74) is 2.20. The molecular formula is C19H24N4O4. The van der Waals surface area contributed by atoms with E-state index < -0.39 is 11.9 Å². The van der Waals surface area contributed by atoms with Crippen molar-refractivity contribution in [3.05, 3.63) is 34.9 Å². The second-order valence-electron chi connectivity index (χ2n) is 7.35. The van der Waals surface area contributed by atoms with E-state index in [4.69, 9.17) is 0 Å². The van der Waals surface area contributed by atoms with Gasteiger partial charge in [0, 0.05) is 31.6 Å². The smallest absolute Gasteiger partial charge is 0.315 e. The topological polar surface area (TPSA) is 108 Å². The molecule has 1 aromatic rings. The average molecular weight is 372 g/mol. The van der Waals surface area contributed by atoms with Crippen molar-refractivity contribution in [1.29, 1.82) is 0 Å². The molecule has 8 nitrogen and oxygen atoms in total. The summed E-state index contributed by atoms with van der Waals surface area (Å²) < 4.78 is 0. The van der Waals surface area contributed by atoms with E-state index in [1.165, 1.54) is 4.90 Å². The number of imide groups is 1. The molecule has 0 aliphatic carbocycles. The van der Waals surface area contributed by atoms with E-state index in [-0.39, 0.29) is 24.3 Å². The Kier molecular flexibility index (Phi) is 5.43. The molecule has 1 aromatic carbocycles. The maximum atomic E-state index is 12.8. The SMILES string of the molecule is CC(C)CNC(=O)NCc1ccc2c(c1)C(=O)N(C1CCC(=O)NC1=O)C2. The van der Waals surface area contributed by atoms with Crippen LogP contribution in [0.3, 0.4) is 0 Å². The summed E-state index contributed by atoms with van der Waals surface area (Å²) in [7, 11) is 0. The van der Waals surface area contributed by atoms with E-state index in [0.717, 1.165) is 11.1 Å². The highest BCUT2D eigenvalue weighted by molar-refractivity contribution is 6.05. The van der Waals surface area contributed by atoms with Gasteiger partial charge in [0.25, 0.3) is 5.91 Å². The summed E-state index contributed by atoms with van der Waals surface area (Å²) in [5.74, 6) is -0.571. The molecule has 0 aromatic heterocycles. The summed E-state index contributed by atoms with van der Waals surface area (Å²) in [6.07, 6.45) is 0.575. The van der Waals surface area contributed by atoms with Gasteiger partial charge < -0.3 is 15.5 Å². The molecule has 1 unspecified atom stereocenters. The van der Waals surface area contributed by atoms with Crippen molar-refractivity contribution in [2.24, 2.45) is 5.92 Å². The van der Waals surface area contributed by atoms with Gasteiger partial charge in [-0.2, -0.15) is 0 Å². The number of carbonyl (C=O) groups is 4. The quantitative estimate of drug-likeness (QED) is 0.668. The van der Waals surface area contributed by atoms with Gasteiger partial charge in [0.2, 0.25) is 11.8 Å². The maximum absolute atomic E-state index is 12.8. The highest BCUT2D eigenvalue weighted by Crippen LogP contribution is 2.28. The zero-order valence-electron chi connectivity index (χ0n) is 15.5. The molecule has 0 spiro atoms. The molecular weight excluding hydrogens is 348 g/mol. The van der Waals surface area contributed by atoms with Crippen LogP contribution in [0, 0.1) is 5.92 Å². The van der Waals surface area contributed by atoms with Crippen molar-refractivity contribution in [3.8, 4) is 0 Å². The normalized spacial score (nSPS) is 19.1. The molecule has 0 radical (unpaired) electrons. The van der Waals surface area contributed by atoms with Gasteiger partial charge in [0.15, 0.2) is 0 Å². The number of nitrogens with zero attached hydrogens (tertiary/aromatic N) is 1. The maximum Gasteiger partial charge on any atom is 0.315 e. The molecule has 0 saturated carbocycles. The van der Waals surface area contributed by atoms with Crippen LogP contribution in [0.5, 0.6) is 0 Å². The number of carbonyl (C=O) groups excluding carboxylic acids is 4. The number of benzene rings is 1. The molecule has 0 bridgehead atoms. The van der Waals surface area contributed by atoms with Gasteiger partial charge in [-0.25, -0.2) is 4.79 Å². The molecule has 1 saturated heterocycles. The lowest BCUT2D eigenvalue weighted by molar-refractivity contribution is -0.136. The van der Waals surface area contributed by atoms with Crippen LogP contribution in [-0.2, 0) is 22.7 Å². The van der Waals surface area contributed by atoms with Crippen LogP contribution in [-0.4, -0.2) is 41.2 Å². The van der Waals surface area contributed by atoms with Gasteiger partial charge in [-0.1, -0.05) is 26.0 Å². The molecule has 2 aliphatic rings. The van der Waals surface area contributed by atoms with Crippen molar-refractivity contribution in [3.63, 3.8) is 0 Å². The van der Waals surface area contributed by atoms with Crippen LogP contribution in [0.1, 0.15) is 48.2 Å². The van der Waals surface area contributed by atoms with Gasteiger partial charge in [-0.15, -0.1) is 0 Å². The highest BCUT2D eigenvalue weighted by atomic mass is 16.2. The Morgan fingerprint density at radius 3 is 2.74 bits per heavy atom. The number of piperidine rings is 1. The van der Waals surface area contributed by atoms with Gasteiger partial charge >= 0.3 is 6.03 Å². The second-order valence-corrected chi connectivity index (χ2v) is 7.35. The van der Waals surface area contributed by atoms with Gasteiger partial charge in [0.1, 0.15) is 6.04 Å². The van der Waals surface area contributed by atoms with Crippen LogP contribution in [0.25, 0.3) is 0 Å². The number of hydrogen-bond donors (Lipinski definition) is 3. The molecule has 5 amide bonds. The van der Waals surface area contributed by atoms with E-state index >= 15 is 0 Å². The van der Waals surface area contributed by atoms with E-state index in [2.05, 4.69) is 16.0 Å². The summed E-state index contributed by atoms with van der Waals surface area (Å²) in [6, 6.07) is 4.60. The Hall–Kier alpha value is -2.90. The Morgan fingerprint density at radius 2 is 2.04 bits per heavy atom. The fourth-order valence-electron chi connectivity index (χ4n) is 3.25. The van der Waals surface area contributed by atoms with Crippen LogP contribution in [0.4, 0.5) is 4.79 Å². The summed E-state index contributed by atoms with van der Waals surface area (Å²) in [5, 5.41) is 7.84. The van der Waals surface area contributed by atoms with Crippen molar-refractivity contribution in [1.82, 2.24) is 20.9 Å². The van der Waals surface area contributed by atoms with E-state index in [1.807, 2.05) is 26.0 Å². The number of hydrogen-bond acceptors (Lipinski definition) is 4. The lowest BCUT2D eigenvalue weighted by Gasteiger charge is -2.29. The third kappa shape index (κ3) is 4.27. The van der Waals surface area contributed by atoms with E-state index in [9.17, 15) is 19.2 Å². The van der Waals surface area contributed by atoms with Crippen LogP contribution >= 0.6 is 0 Å². The molecule has 2 aliphatic heterocycles. The van der Waals surface area contributed by atoms with E-state index in [1.54, 1.807) is 6.07 Å². The van der Waals surface area contributed by atoms with Gasteiger partial charge in [0.05, 0.1) is 0 Å². The highest BCUT2D eigenvalue weighted by Gasteiger charge is 2.39. The van der Waals surface area contributed by atoms with E-state index in [0.29, 0.717) is 37.5 Å². The van der Waals surface area contributed by atoms with Crippen LogP contribution < -0.4 is 16.0 Å². The molecule has 3 N–H and O–H groups in total. The molecule has 27 heavy (non-hydrogen) atoms. The van der Waals surface area contributed by atoms with Crippen molar-refractivity contribution in [2.45, 2.75) is 45.8 Å². The lowest BCUT2D eigenvalue weighted by atomic mass is 10.0.